The van der Waals surface area contributed by atoms with Gasteiger partial charge in [0.1, 0.15) is 0 Å². The Bertz CT molecular complexity index is 1070. The van der Waals surface area contributed by atoms with Gasteiger partial charge in [-0.2, -0.15) is 4.98 Å². The molecule has 146 valence electrons. The third kappa shape index (κ3) is 4.00. The standard InChI is InChI=1S/C20H18F3N3O2/c1-11-4-5-16(12(2)6-11)24-20-25-19(27)17(28-3)10-26(20)9-13-7-14(21)18(23)15(22)8-13/h4-8,10H,9H2,1-3H3,(H,24,25,27). The van der Waals surface area contributed by atoms with Crippen molar-refractivity contribution in [1.82, 2.24) is 9.55 Å². The molecule has 0 aliphatic carbocycles. The van der Waals surface area contributed by atoms with E-state index in [4.69, 9.17) is 4.74 Å². The van der Waals surface area contributed by atoms with Crippen LogP contribution in [0.5, 0.6) is 5.75 Å². The molecule has 0 aliphatic heterocycles. The third-order valence-corrected chi connectivity index (χ3v) is 4.21. The number of hydrogen-bond acceptors (Lipinski definition) is 4. The Morgan fingerprint density at radius 3 is 2.39 bits per heavy atom. The molecule has 2 aromatic carbocycles. The van der Waals surface area contributed by atoms with E-state index in [0.29, 0.717) is 5.69 Å². The summed E-state index contributed by atoms with van der Waals surface area (Å²) in [4.78, 5) is 16.1. The summed E-state index contributed by atoms with van der Waals surface area (Å²) in [5.74, 6) is -4.00. The fourth-order valence-electron chi connectivity index (χ4n) is 2.80. The minimum absolute atomic E-state index is 0.0331. The molecule has 0 amide bonds. The van der Waals surface area contributed by atoms with Crippen molar-refractivity contribution >= 4 is 11.6 Å². The second-order valence-corrected chi connectivity index (χ2v) is 6.38. The molecule has 0 fully saturated rings. The molecule has 1 aromatic heterocycles. The molecule has 0 unspecified atom stereocenters. The summed E-state index contributed by atoms with van der Waals surface area (Å²) in [6, 6.07) is 7.47. The monoisotopic (exact) mass is 389 g/mol. The summed E-state index contributed by atoms with van der Waals surface area (Å²) in [5.41, 5.74) is 2.28. The van der Waals surface area contributed by atoms with Gasteiger partial charge >= 0.3 is 5.56 Å². The van der Waals surface area contributed by atoms with E-state index in [0.717, 1.165) is 23.3 Å². The summed E-state index contributed by atoms with van der Waals surface area (Å²) in [7, 11) is 1.32. The fourth-order valence-corrected chi connectivity index (χ4v) is 2.80. The van der Waals surface area contributed by atoms with Crippen molar-refractivity contribution in [2.45, 2.75) is 20.4 Å². The summed E-state index contributed by atoms with van der Waals surface area (Å²) >= 11 is 0. The van der Waals surface area contributed by atoms with E-state index in [-0.39, 0.29) is 23.8 Å². The Balaban J connectivity index is 2.05. The highest BCUT2D eigenvalue weighted by molar-refractivity contribution is 5.59. The zero-order valence-corrected chi connectivity index (χ0v) is 15.5. The fraction of sp³-hybridized carbons (Fsp3) is 0.200. The number of benzene rings is 2. The molecule has 0 radical (unpaired) electrons. The lowest BCUT2D eigenvalue weighted by Gasteiger charge is -2.16. The van der Waals surface area contributed by atoms with Crippen LogP contribution in [0.2, 0.25) is 0 Å². The Hall–Kier alpha value is -3.29. The van der Waals surface area contributed by atoms with Crippen LogP contribution in [0.1, 0.15) is 16.7 Å². The molecule has 3 aromatic rings. The average molecular weight is 389 g/mol. The molecule has 0 aliphatic rings. The first-order valence-corrected chi connectivity index (χ1v) is 8.41. The molecule has 0 atom stereocenters. The van der Waals surface area contributed by atoms with E-state index in [1.807, 2.05) is 32.0 Å². The Morgan fingerprint density at radius 1 is 1.11 bits per heavy atom. The Kier molecular flexibility index (Phi) is 5.39. The van der Waals surface area contributed by atoms with Crippen molar-refractivity contribution in [1.29, 1.82) is 0 Å². The van der Waals surface area contributed by atoms with Crippen molar-refractivity contribution in [3.8, 4) is 5.75 Å². The van der Waals surface area contributed by atoms with Crippen LogP contribution < -0.4 is 15.6 Å². The van der Waals surface area contributed by atoms with Crippen molar-refractivity contribution in [3.63, 3.8) is 0 Å². The maximum absolute atomic E-state index is 13.6. The summed E-state index contributed by atoms with van der Waals surface area (Å²) < 4.78 is 46.8. The number of anilines is 2. The predicted molar refractivity (Wildman–Crippen MR) is 99.7 cm³/mol. The van der Waals surface area contributed by atoms with Gasteiger partial charge in [0.15, 0.2) is 17.5 Å². The highest BCUT2D eigenvalue weighted by Crippen LogP contribution is 2.22. The number of hydrogen-bond donors (Lipinski definition) is 1. The zero-order valence-electron chi connectivity index (χ0n) is 15.5. The van der Waals surface area contributed by atoms with E-state index in [2.05, 4.69) is 10.3 Å². The SMILES string of the molecule is COc1cn(Cc2cc(F)c(F)c(F)c2)c(Nc2ccc(C)cc2C)nc1=O. The van der Waals surface area contributed by atoms with E-state index in [1.165, 1.54) is 17.9 Å². The largest absolute Gasteiger partial charge is 0.490 e. The van der Waals surface area contributed by atoms with Gasteiger partial charge < -0.3 is 14.6 Å². The number of aryl methyl sites for hydroxylation is 2. The number of methoxy groups -OCH3 is 1. The van der Waals surface area contributed by atoms with Gasteiger partial charge in [0.05, 0.1) is 19.9 Å². The molecule has 0 saturated heterocycles. The lowest BCUT2D eigenvalue weighted by atomic mass is 10.1. The highest BCUT2D eigenvalue weighted by Gasteiger charge is 2.14. The van der Waals surface area contributed by atoms with Gasteiger partial charge in [-0.15, -0.1) is 0 Å². The first kappa shape index (κ1) is 19.5. The average Bonchev–Trinajstić information content (AvgIpc) is 2.64. The van der Waals surface area contributed by atoms with Crippen molar-refractivity contribution in [3.05, 3.63) is 81.0 Å². The van der Waals surface area contributed by atoms with Crippen molar-refractivity contribution in [2.24, 2.45) is 0 Å². The predicted octanol–water partition coefficient (Wildman–Crippen LogP) is 4.08. The van der Waals surface area contributed by atoms with Crippen LogP contribution in [0, 0.1) is 31.3 Å². The molecular formula is C20H18F3N3O2. The second-order valence-electron chi connectivity index (χ2n) is 6.38. The number of aromatic nitrogens is 2. The van der Waals surface area contributed by atoms with E-state index in [1.54, 1.807) is 0 Å². The molecule has 3 rings (SSSR count). The normalized spacial score (nSPS) is 10.8. The van der Waals surface area contributed by atoms with Gasteiger partial charge in [0.2, 0.25) is 11.7 Å². The highest BCUT2D eigenvalue weighted by atomic mass is 19.2. The zero-order chi connectivity index (χ0) is 20.4. The summed E-state index contributed by atoms with van der Waals surface area (Å²) in [5, 5.41) is 3.06. The lowest BCUT2D eigenvalue weighted by Crippen LogP contribution is -2.19. The molecule has 1 N–H and O–H groups in total. The van der Waals surface area contributed by atoms with Gasteiger partial charge in [-0.05, 0) is 43.2 Å². The van der Waals surface area contributed by atoms with Crippen LogP contribution in [-0.4, -0.2) is 16.7 Å². The van der Waals surface area contributed by atoms with E-state index >= 15 is 0 Å². The van der Waals surface area contributed by atoms with Gasteiger partial charge in [0.25, 0.3) is 0 Å². The summed E-state index contributed by atoms with van der Waals surface area (Å²) in [6.45, 7) is 3.78. The molecule has 0 spiro atoms. The van der Waals surface area contributed by atoms with Crippen LogP contribution in [-0.2, 0) is 6.54 Å². The number of ether oxygens (including phenoxy) is 1. The van der Waals surface area contributed by atoms with E-state index in [9.17, 15) is 18.0 Å². The van der Waals surface area contributed by atoms with E-state index < -0.39 is 23.0 Å². The second kappa shape index (κ2) is 7.75. The Morgan fingerprint density at radius 2 is 1.79 bits per heavy atom. The maximum Gasteiger partial charge on any atom is 0.316 e. The molecule has 5 nitrogen and oxygen atoms in total. The molecular weight excluding hydrogens is 371 g/mol. The van der Waals surface area contributed by atoms with Crippen LogP contribution in [0.4, 0.5) is 24.8 Å². The minimum Gasteiger partial charge on any atom is -0.490 e. The molecule has 8 heteroatoms. The van der Waals surface area contributed by atoms with Crippen molar-refractivity contribution in [2.75, 3.05) is 12.4 Å². The number of halogens is 3. The quantitative estimate of drug-likeness (QED) is 0.668. The first-order valence-electron chi connectivity index (χ1n) is 8.41. The third-order valence-electron chi connectivity index (χ3n) is 4.21. The van der Waals surface area contributed by atoms with Gasteiger partial charge in [-0.1, -0.05) is 17.7 Å². The van der Waals surface area contributed by atoms with Crippen LogP contribution in [0.15, 0.2) is 41.3 Å². The van der Waals surface area contributed by atoms with Gasteiger partial charge in [0, 0.05) is 5.69 Å². The minimum atomic E-state index is -1.53. The van der Waals surface area contributed by atoms with Gasteiger partial charge in [-0.25, -0.2) is 13.2 Å². The molecule has 0 saturated carbocycles. The maximum atomic E-state index is 13.6. The van der Waals surface area contributed by atoms with Crippen LogP contribution in [0.25, 0.3) is 0 Å². The number of nitrogens with one attached hydrogen (secondary N) is 1. The number of nitrogens with zero attached hydrogens (tertiary/aromatic N) is 2. The van der Waals surface area contributed by atoms with Crippen molar-refractivity contribution < 1.29 is 17.9 Å². The van der Waals surface area contributed by atoms with Gasteiger partial charge in [-0.3, -0.25) is 4.79 Å². The Labute approximate surface area is 159 Å². The topological polar surface area (TPSA) is 56.1 Å². The molecule has 28 heavy (non-hydrogen) atoms. The van der Waals surface area contributed by atoms with Crippen LogP contribution in [0.3, 0.4) is 0 Å². The smallest absolute Gasteiger partial charge is 0.316 e. The molecule has 1 heterocycles. The number of rotatable bonds is 5. The molecule has 0 bridgehead atoms. The first-order chi connectivity index (χ1) is 13.3. The summed E-state index contributed by atoms with van der Waals surface area (Å²) in [6.07, 6.45) is 1.38. The van der Waals surface area contributed by atoms with Crippen LogP contribution >= 0.6 is 0 Å². The lowest BCUT2D eigenvalue weighted by molar-refractivity contribution is 0.402.